The first kappa shape index (κ1) is 16.8. The van der Waals surface area contributed by atoms with Gasteiger partial charge in [-0.2, -0.15) is 0 Å². The third-order valence-electron chi connectivity index (χ3n) is 2.46. The summed E-state index contributed by atoms with van der Waals surface area (Å²) in [5, 5.41) is 3.04. The molecule has 0 spiro atoms. The Morgan fingerprint density at radius 1 is 1.00 bits per heavy atom. The zero-order valence-corrected chi connectivity index (χ0v) is 12.3. The lowest BCUT2D eigenvalue weighted by molar-refractivity contribution is 0.0179. The van der Waals surface area contributed by atoms with Crippen molar-refractivity contribution in [3.8, 4) is 5.75 Å². The van der Waals surface area contributed by atoms with E-state index < -0.39 is 0 Å². The fourth-order valence-electron chi connectivity index (χ4n) is 1.46. The van der Waals surface area contributed by atoms with Crippen molar-refractivity contribution in [2.45, 2.75) is 6.54 Å². The minimum absolute atomic E-state index is 0.505. The van der Waals surface area contributed by atoms with Gasteiger partial charge in [0.1, 0.15) is 12.4 Å². The maximum absolute atomic E-state index is 5.52. The lowest BCUT2D eigenvalue weighted by Crippen LogP contribution is -2.12. The topological polar surface area (TPSA) is 61.8 Å². The summed E-state index contributed by atoms with van der Waals surface area (Å²) in [5.74, 6) is 0.754. The zero-order chi connectivity index (χ0) is 14.5. The van der Waals surface area contributed by atoms with Crippen molar-refractivity contribution in [2.75, 3.05) is 53.8 Å². The Morgan fingerprint density at radius 2 is 1.70 bits per heavy atom. The predicted octanol–water partition coefficient (Wildman–Crippen LogP) is 0.859. The second-order valence-electron chi connectivity index (χ2n) is 4.08. The Labute approximate surface area is 120 Å². The molecule has 1 heterocycles. The first-order valence-corrected chi connectivity index (χ1v) is 6.73. The molecule has 6 nitrogen and oxygen atoms in total. The fraction of sp³-hybridized carbons (Fsp3) is 0.643. The normalized spacial score (nSPS) is 10.7. The van der Waals surface area contributed by atoms with Crippen molar-refractivity contribution in [2.24, 2.45) is 0 Å². The number of pyridine rings is 1. The molecule has 1 aromatic heterocycles. The van der Waals surface area contributed by atoms with Gasteiger partial charge in [0.05, 0.1) is 44.9 Å². The zero-order valence-electron chi connectivity index (χ0n) is 12.3. The van der Waals surface area contributed by atoms with Crippen molar-refractivity contribution < 1.29 is 18.9 Å². The highest BCUT2D eigenvalue weighted by molar-refractivity contribution is 5.19. The van der Waals surface area contributed by atoms with E-state index in [1.54, 1.807) is 13.3 Å². The second-order valence-corrected chi connectivity index (χ2v) is 4.08. The summed E-state index contributed by atoms with van der Waals surface area (Å²) in [5.41, 5.74) is 0.990. The monoisotopic (exact) mass is 284 g/mol. The highest BCUT2D eigenvalue weighted by Crippen LogP contribution is 2.08. The molecule has 0 atom stereocenters. The number of hydrogen-bond acceptors (Lipinski definition) is 6. The van der Waals surface area contributed by atoms with Crippen LogP contribution in [0.4, 0.5) is 0 Å². The van der Waals surface area contributed by atoms with Crippen molar-refractivity contribution in [3.05, 3.63) is 24.0 Å². The average molecular weight is 284 g/mol. The highest BCUT2D eigenvalue weighted by Gasteiger charge is 1.96. The van der Waals surface area contributed by atoms with Gasteiger partial charge in [0, 0.05) is 13.7 Å². The van der Waals surface area contributed by atoms with E-state index in [1.165, 1.54) is 0 Å². The minimum atomic E-state index is 0.505. The molecule has 0 amide bonds. The van der Waals surface area contributed by atoms with Gasteiger partial charge < -0.3 is 24.3 Å². The fourth-order valence-corrected chi connectivity index (χ4v) is 1.46. The first-order valence-electron chi connectivity index (χ1n) is 6.73. The summed E-state index contributed by atoms with van der Waals surface area (Å²) in [7, 11) is 3.54. The Morgan fingerprint density at radius 3 is 2.30 bits per heavy atom. The van der Waals surface area contributed by atoms with Crippen LogP contribution in [0.25, 0.3) is 0 Å². The van der Waals surface area contributed by atoms with Gasteiger partial charge in [0.15, 0.2) is 0 Å². The minimum Gasteiger partial charge on any atom is -0.490 e. The molecule has 0 radical (unpaired) electrons. The summed E-state index contributed by atoms with van der Waals surface area (Å²) in [6.07, 6.45) is 1.72. The SMILES string of the molecule is CNCc1ccc(OCCOCCOCCOC)cn1. The molecule has 0 saturated carbocycles. The van der Waals surface area contributed by atoms with E-state index in [9.17, 15) is 0 Å². The van der Waals surface area contributed by atoms with E-state index in [-0.39, 0.29) is 0 Å². The molecule has 0 bridgehead atoms. The molecule has 0 fully saturated rings. The van der Waals surface area contributed by atoms with E-state index in [2.05, 4.69) is 10.3 Å². The quantitative estimate of drug-likeness (QED) is 0.574. The molecule has 0 aliphatic rings. The van der Waals surface area contributed by atoms with Crippen LogP contribution >= 0.6 is 0 Å². The van der Waals surface area contributed by atoms with Crippen molar-refractivity contribution in [1.29, 1.82) is 0 Å². The molecule has 114 valence electrons. The molecule has 0 unspecified atom stereocenters. The Kier molecular flexibility index (Phi) is 9.77. The molecule has 0 aliphatic heterocycles. The molecule has 1 N–H and O–H groups in total. The Balaban J connectivity index is 1.98. The molecule has 1 rings (SSSR count). The molecule has 0 aliphatic carbocycles. The number of rotatable bonds is 12. The molecular formula is C14H24N2O4. The summed E-state index contributed by atoms with van der Waals surface area (Å²) >= 11 is 0. The van der Waals surface area contributed by atoms with Crippen LogP contribution in [-0.4, -0.2) is 58.8 Å². The van der Waals surface area contributed by atoms with Gasteiger partial charge in [0.25, 0.3) is 0 Å². The third kappa shape index (κ3) is 8.06. The number of methoxy groups -OCH3 is 1. The van der Waals surface area contributed by atoms with E-state index in [4.69, 9.17) is 18.9 Å². The van der Waals surface area contributed by atoms with E-state index >= 15 is 0 Å². The number of nitrogens with zero attached hydrogens (tertiary/aromatic N) is 1. The van der Waals surface area contributed by atoms with Crippen LogP contribution in [0.2, 0.25) is 0 Å². The largest absolute Gasteiger partial charge is 0.490 e. The van der Waals surface area contributed by atoms with Gasteiger partial charge in [-0.25, -0.2) is 0 Å². The van der Waals surface area contributed by atoms with Gasteiger partial charge in [0.2, 0.25) is 0 Å². The van der Waals surface area contributed by atoms with E-state index in [0.717, 1.165) is 18.0 Å². The van der Waals surface area contributed by atoms with Crippen molar-refractivity contribution in [1.82, 2.24) is 10.3 Å². The summed E-state index contributed by atoms with van der Waals surface area (Å²) in [6, 6.07) is 3.85. The van der Waals surface area contributed by atoms with Gasteiger partial charge in [-0.1, -0.05) is 0 Å². The van der Waals surface area contributed by atoms with Crippen LogP contribution in [0.1, 0.15) is 5.69 Å². The Bertz CT molecular complexity index is 332. The van der Waals surface area contributed by atoms with E-state index in [0.29, 0.717) is 39.6 Å². The number of nitrogens with one attached hydrogen (secondary N) is 1. The Hall–Kier alpha value is -1.21. The smallest absolute Gasteiger partial charge is 0.137 e. The lowest BCUT2D eigenvalue weighted by Gasteiger charge is -2.08. The van der Waals surface area contributed by atoms with Crippen LogP contribution in [0.15, 0.2) is 18.3 Å². The second kappa shape index (κ2) is 11.6. The summed E-state index contributed by atoms with van der Waals surface area (Å²) < 4.78 is 21.0. The van der Waals surface area contributed by atoms with Crippen LogP contribution in [0.3, 0.4) is 0 Å². The first-order chi connectivity index (χ1) is 9.86. The standard InChI is InChI=1S/C14H24N2O4/c1-15-11-13-3-4-14(12-16-13)20-10-9-19-8-7-18-6-5-17-2/h3-4,12,15H,5-11H2,1-2H3. The summed E-state index contributed by atoms with van der Waals surface area (Å²) in [6.45, 7) is 4.14. The maximum atomic E-state index is 5.52. The van der Waals surface area contributed by atoms with Crippen molar-refractivity contribution >= 4 is 0 Å². The van der Waals surface area contributed by atoms with Crippen molar-refractivity contribution in [3.63, 3.8) is 0 Å². The van der Waals surface area contributed by atoms with E-state index in [1.807, 2.05) is 19.2 Å². The van der Waals surface area contributed by atoms with Crippen LogP contribution < -0.4 is 10.1 Å². The van der Waals surface area contributed by atoms with Crippen LogP contribution in [-0.2, 0) is 20.8 Å². The summed E-state index contributed by atoms with van der Waals surface area (Å²) in [4.78, 5) is 4.27. The van der Waals surface area contributed by atoms with Gasteiger partial charge >= 0.3 is 0 Å². The average Bonchev–Trinajstić information content (AvgIpc) is 2.47. The molecule has 6 heteroatoms. The molecular weight excluding hydrogens is 260 g/mol. The highest BCUT2D eigenvalue weighted by atomic mass is 16.6. The molecule has 0 saturated heterocycles. The van der Waals surface area contributed by atoms with Gasteiger partial charge in [-0.15, -0.1) is 0 Å². The molecule has 20 heavy (non-hydrogen) atoms. The number of ether oxygens (including phenoxy) is 4. The van der Waals surface area contributed by atoms with Gasteiger partial charge in [-0.05, 0) is 19.2 Å². The van der Waals surface area contributed by atoms with Crippen LogP contribution in [0.5, 0.6) is 5.75 Å². The van der Waals surface area contributed by atoms with Crippen LogP contribution in [0, 0.1) is 0 Å². The lowest BCUT2D eigenvalue weighted by atomic mass is 10.3. The third-order valence-corrected chi connectivity index (χ3v) is 2.46. The predicted molar refractivity (Wildman–Crippen MR) is 76.0 cm³/mol. The maximum Gasteiger partial charge on any atom is 0.137 e. The number of hydrogen-bond donors (Lipinski definition) is 1. The molecule has 0 aromatic carbocycles. The number of aromatic nitrogens is 1. The van der Waals surface area contributed by atoms with Gasteiger partial charge in [-0.3, -0.25) is 4.98 Å². The molecule has 1 aromatic rings.